The van der Waals surface area contributed by atoms with Gasteiger partial charge < -0.3 is 14.8 Å². The average Bonchev–Trinajstić information content (AvgIpc) is 2.32. The van der Waals surface area contributed by atoms with Crippen LogP contribution in [0.2, 0.25) is 0 Å². The molecule has 0 unspecified atom stereocenters. The minimum absolute atomic E-state index is 0.119. The smallest absolute Gasteiger partial charge is 0.324 e. The van der Waals surface area contributed by atoms with Gasteiger partial charge in [-0.3, -0.25) is 4.90 Å². The Morgan fingerprint density at radius 2 is 2.18 bits per heavy atom. The molecule has 1 heterocycles. The Balaban J connectivity index is 2.20. The van der Waals surface area contributed by atoms with Crippen LogP contribution in [0.5, 0.6) is 5.75 Å². The van der Waals surface area contributed by atoms with Crippen LogP contribution in [0.15, 0.2) is 24.3 Å². The van der Waals surface area contributed by atoms with E-state index in [0.717, 1.165) is 12.7 Å². The van der Waals surface area contributed by atoms with Gasteiger partial charge >= 0.3 is 6.03 Å². The largest absolute Gasteiger partial charge is 0.508 e. The van der Waals surface area contributed by atoms with Gasteiger partial charge in [0.25, 0.3) is 0 Å². The standard InChI is InChI=1S/C12H14N2O3/c15-8-7-13-5-2-6-14(12(13)17)10-3-1-4-11(16)9-10/h1,3-4,8-9,16H,2,5-7H2. The summed E-state index contributed by atoms with van der Waals surface area (Å²) < 4.78 is 0. The molecule has 1 N–H and O–H groups in total. The minimum atomic E-state index is -0.186. The average molecular weight is 234 g/mol. The van der Waals surface area contributed by atoms with Crippen LogP contribution in [-0.2, 0) is 4.79 Å². The summed E-state index contributed by atoms with van der Waals surface area (Å²) in [5, 5.41) is 9.39. The molecule has 1 fully saturated rings. The highest BCUT2D eigenvalue weighted by Gasteiger charge is 2.26. The number of amides is 2. The molecule has 0 spiro atoms. The number of benzene rings is 1. The molecule has 1 aromatic carbocycles. The van der Waals surface area contributed by atoms with Crippen molar-refractivity contribution in [2.45, 2.75) is 6.42 Å². The van der Waals surface area contributed by atoms with Crippen molar-refractivity contribution in [3.63, 3.8) is 0 Å². The lowest BCUT2D eigenvalue weighted by molar-refractivity contribution is -0.108. The molecule has 0 aromatic heterocycles. The first-order chi connectivity index (χ1) is 8.22. The summed E-state index contributed by atoms with van der Waals surface area (Å²) in [5.74, 6) is 0.128. The number of phenols is 1. The van der Waals surface area contributed by atoms with Crippen molar-refractivity contribution >= 4 is 18.0 Å². The van der Waals surface area contributed by atoms with Crippen molar-refractivity contribution in [3.8, 4) is 5.75 Å². The number of hydrogen-bond acceptors (Lipinski definition) is 3. The summed E-state index contributed by atoms with van der Waals surface area (Å²) in [7, 11) is 0. The lowest BCUT2D eigenvalue weighted by Crippen LogP contribution is -2.50. The number of nitrogens with zero attached hydrogens (tertiary/aromatic N) is 2. The van der Waals surface area contributed by atoms with Gasteiger partial charge in [-0.1, -0.05) is 6.07 Å². The molecule has 0 radical (unpaired) electrons. The van der Waals surface area contributed by atoms with Crippen LogP contribution in [0.1, 0.15) is 6.42 Å². The Morgan fingerprint density at radius 3 is 2.88 bits per heavy atom. The Bertz CT molecular complexity index is 434. The van der Waals surface area contributed by atoms with E-state index in [2.05, 4.69) is 0 Å². The highest BCUT2D eigenvalue weighted by atomic mass is 16.3. The highest BCUT2D eigenvalue weighted by Crippen LogP contribution is 2.23. The maximum atomic E-state index is 12.0. The third-order valence-corrected chi connectivity index (χ3v) is 2.75. The van der Waals surface area contributed by atoms with Crippen LogP contribution in [0.4, 0.5) is 10.5 Å². The third-order valence-electron chi connectivity index (χ3n) is 2.75. The van der Waals surface area contributed by atoms with E-state index >= 15 is 0 Å². The molecule has 2 amide bonds. The first kappa shape index (κ1) is 11.4. The van der Waals surface area contributed by atoms with Crippen LogP contribution in [0.25, 0.3) is 0 Å². The molecule has 1 aliphatic rings. The molecule has 1 aliphatic heterocycles. The van der Waals surface area contributed by atoms with Crippen LogP contribution in [0, 0.1) is 0 Å². The summed E-state index contributed by atoms with van der Waals surface area (Å²) in [4.78, 5) is 25.6. The minimum Gasteiger partial charge on any atom is -0.508 e. The van der Waals surface area contributed by atoms with Crippen molar-refractivity contribution in [3.05, 3.63) is 24.3 Å². The summed E-state index contributed by atoms with van der Waals surface area (Å²) in [6, 6.07) is 6.37. The van der Waals surface area contributed by atoms with Gasteiger partial charge in [0.05, 0.1) is 6.54 Å². The first-order valence-corrected chi connectivity index (χ1v) is 5.51. The maximum Gasteiger partial charge on any atom is 0.324 e. The molecule has 0 atom stereocenters. The number of phenolic OH excluding ortho intramolecular Hbond substituents is 1. The monoisotopic (exact) mass is 234 g/mol. The molecule has 90 valence electrons. The lowest BCUT2D eigenvalue weighted by atomic mass is 10.2. The van der Waals surface area contributed by atoms with Crippen molar-refractivity contribution in [1.29, 1.82) is 0 Å². The predicted molar refractivity (Wildman–Crippen MR) is 63.1 cm³/mol. The fraction of sp³-hybridized carbons (Fsp3) is 0.333. The van der Waals surface area contributed by atoms with E-state index in [1.165, 1.54) is 4.90 Å². The zero-order chi connectivity index (χ0) is 12.3. The fourth-order valence-electron chi connectivity index (χ4n) is 1.94. The number of carbonyl (C=O) groups excluding carboxylic acids is 2. The van der Waals surface area contributed by atoms with Gasteiger partial charge in [-0.2, -0.15) is 0 Å². The molecule has 0 aliphatic carbocycles. The Labute approximate surface area is 99.3 Å². The SMILES string of the molecule is O=CCN1CCCN(c2cccc(O)c2)C1=O. The van der Waals surface area contributed by atoms with Gasteiger partial charge in [0, 0.05) is 24.8 Å². The molecule has 1 saturated heterocycles. The number of carbonyl (C=O) groups is 2. The Morgan fingerprint density at radius 1 is 1.35 bits per heavy atom. The van der Waals surface area contributed by atoms with Crippen LogP contribution >= 0.6 is 0 Å². The Kier molecular flexibility index (Phi) is 3.27. The van der Waals surface area contributed by atoms with E-state index < -0.39 is 0 Å². The van der Waals surface area contributed by atoms with Crippen molar-refractivity contribution in [2.24, 2.45) is 0 Å². The second kappa shape index (κ2) is 4.86. The van der Waals surface area contributed by atoms with Gasteiger partial charge in [-0.15, -0.1) is 0 Å². The summed E-state index contributed by atoms with van der Waals surface area (Å²) in [6.07, 6.45) is 1.54. The van der Waals surface area contributed by atoms with Crippen LogP contribution < -0.4 is 4.90 Å². The molecule has 0 bridgehead atoms. The second-order valence-corrected chi connectivity index (χ2v) is 3.92. The molecule has 17 heavy (non-hydrogen) atoms. The molecule has 5 nitrogen and oxygen atoms in total. The molecular formula is C12H14N2O3. The van der Waals surface area contributed by atoms with E-state index in [4.69, 9.17) is 0 Å². The normalized spacial score (nSPS) is 16.1. The quantitative estimate of drug-likeness (QED) is 0.800. The first-order valence-electron chi connectivity index (χ1n) is 5.51. The topological polar surface area (TPSA) is 60.9 Å². The van der Waals surface area contributed by atoms with E-state index in [9.17, 15) is 14.7 Å². The number of rotatable bonds is 3. The van der Waals surface area contributed by atoms with Crippen molar-refractivity contribution in [2.75, 3.05) is 24.5 Å². The van der Waals surface area contributed by atoms with Gasteiger partial charge in [-0.25, -0.2) is 4.79 Å². The van der Waals surface area contributed by atoms with E-state index in [1.807, 2.05) is 0 Å². The number of aldehydes is 1. The number of urea groups is 1. The third kappa shape index (κ3) is 2.38. The molecule has 0 saturated carbocycles. The van der Waals surface area contributed by atoms with E-state index in [0.29, 0.717) is 18.8 Å². The second-order valence-electron chi connectivity index (χ2n) is 3.92. The Hall–Kier alpha value is -2.04. The zero-order valence-corrected chi connectivity index (χ0v) is 9.37. The summed E-state index contributed by atoms with van der Waals surface area (Å²) >= 11 is 0. The lowest BCUT2D eigenvalue weighted by Gasteiger charge is -2.34. The zero-order valence-electron chi connectivity index (χ0n) is 9.37. The molecule has 1 aromatic rings. The van der Waals surface area contributed by atoms with Crippen molar-refractivity contribution in [1.82, 2.24) is 4.90 Å². The molecular weight excluding hydrogens is 220 g/mol. The number of anilines is 1. The maximum absolute atomic E-state index is 12.0. The predicted octanol–water partition coefficient (Wildman–Crippen LogP) is 1.22. The van der Waals surface area contributed by atoms with Gasteiger partial charge in [0.2, 0.25) is 0 Å². The summed E-state index contributed by atoms with van der Waals surface area (Å²) in [6.45, 7) is 1.33. The van der Waals surface area contributed by atoms with E-state index in [1.54, 1.807) is 29.2 Å². The van der Waals surface area contributed by atoms with E-state index in [-0.39, 0.29) is 18.3 Å². The molecule has 2 rings (SSSR count). The van der Waals surface area contributed by atoms with Crippen LogP contribution in [-0.4, -0.2) is 42.0 Å². The number of aromatic hydroxyl groups is 1. The van der Waals surface area contributed by atoms with Crippen LogP contribution in [0.3, 0.4) is 0 Å². The summed E-state index contributed by atoms with van der Waals surface area (Å²) in [5.41, 5.74) is 0.658. The number of hydrogen-bond donors (Lipinski definition) is 1. The van der Waals surface area contributed by atoms with Gasteiger partial charge in [0.15, 0.2) is 0 Å². The van der Waals surface area contributed by atoms with Gasteiger partial charge in [0.1, 0.15) is 12.0 Å². The fourth-order valence-corrected chi connectivity index (χ4v) is 1.94. The highest BCUT2D eigenvalue weighted by molar-refractivity contribution is 5.93. The van der Waals surface area contributed by atoms with Gasteiger partial charge in [-0.05, 0) is 18.6 Å². The molecule has 5 heteroatoms. The van der Waals surface area contributed by atoms with Crippen molar-refractivity contribution < 1.29 is 14.7 Å².